The molecule has 2 N–H and O–H groups in total. The average molecular weight is 332 g/mol. The Morgan fingerprint density at radius 3 is 2.78 bits per heavy atom. The standard InChI is InChI=1S/C16H20N4O2S/c1-22-7-6-20-10-12(9-14(20)21)8-11-2-4-13(5-3-11)15-18-19-16(17)23-15/h2-5,12H,6-10H2,1H3,(H2,17,19)/t12-/m0/s1. The summed E-state index contributed by atoms with van der Waals surface area (Å²) in [6.07, 6.45) is 1.53. The molecule has 1 fully saturated rings. The number of hydrogen-bond donors (Lipinski definition) is 1. The molecular formula is C16H20N4O2S. The molecule has 122 valence electrons. The predicted octanol–water partition coefficient (Wildman–Crippen LogP) is 1.82. The van der Waals surface area contributed by atoms with Crippen LogP contribution in [-0.2, 0) is 16.0 Å². The lowest BCUT2D eigenvalue weighted by Crippen LogP contribution is -2.28. The number of hydrogen-bond acceptors (Lipinski definition) is 6. The van der Waals surface area contributed by atoms with E-state index in [2.05, 4.69) is 22.3 Å². The molecule has 1 aliphatic heterocycles. The van der Waals surface area contributed by atoms with E-state index in [1.165, 1.54) is 16.9 Å². The summed E-state index contributed by atoms with van der Waals surface area (Å²) in [4.78, 5) is 13.9. The summed E-state index contributed by atoms with van der Waals surface area (Å²) in [5, 5.41) is 9.19. The van der Waals surface area contributed by atoms with Gasteiger partial charge in [-0.2, -0.15) is 0 Å². The van der Waals surface area contributed by atoms with Crippen molar-refractivity contribution in [2.45, 2.75) is 12.8 Å². The molecule has 1 amide bonds. The lowest BCUT2D eigenvalue weighted by molar-refractivity contribution is -0.128. The van der Waals surface area contributed by atoms with Crippen LogP contribution in [0.25, 0.3) is 10.6 Å². The second kappa shape index (κ2) is 7.06. The van der Waals surface area contributed by atoms with Crippen molar-refractivity contribution in [2.24, 2.45) is 5.92 Å². The summed E-state index contributed by atoms with van der Waals surface area (Å²) in [6.45, 7) is 2.10. The number of nitrogen functional groups attached to an aromatic ring is 1. The summed E-state index contributed by atoms with van der Waals surface area (Å²) in [7, 11) is 1.66. The van der Waals surface area contributed by atoms with Gasteiger partial charge in [-0.05, 0) is 17.9 Å². The van der Waals surface area contributed by atoms with Crippen LogP contribution in [0.2, 0.25) is 0 Å². The first-order valence-electron chi connectivity index (χ1n) is 7.60. The zero-order valence-corrected chi connectivity index (χ0v) is 13.9. The van der Waals surface area contributed by atoms with Gasteiger partial charge in [0.05, 0.1) is 6.61 Å². The first-order chi connectivity index (χ1) is 11.2. The Bertz CT molecular complexity index is 671. The van der Waals surface area contributed by atoms with Crippen molar-refractivity contribution in [3.05, 3.63) is 29.8 Å². The third-order valence-electron chi connectivity index (χ3n) is 4.03. The summed E-state index contributed by atoms with van der Waals surface area (Å²) >= 11 is 1.38. The number of rotatable bonds is 6. The van der Waals surface area contributed by atoms with E-state index in [0.29, 0.717) is 30.6 Å². The largest absolute Gasteiger partial charge is 0.383 e. The number of nitrogens with two attached hydrogens (primary N) is 1. The molecule has 0 spiro atoms. The molecule has 7 heteroatoms. The van der Waals surface area contributed by atoms with Crippen molar-refractivity contribution < 1.29 is 9.53 Å². The molecular weight excluding hydrogens is 312 g/mol. The molecule has 2 aromatic rings. The molecule has 1 saturated heterocycles. The van der Waals surface area contributed by atoms with Crippen LogP contribution < -0.4 is 5.73 Å². The van der Waals surface area contributed by atoms with Gasteiger partial charge in [0, 0.05) is 32.2 Å². The Morgan fingerprint density at radius 2 is 2.13 bits per heavy atom. The summed E-state index contributed by atoms with van der Waals surface area (Å²) in [5.41, 5.74) is 7.87. The van der Waals surface area contributed by atoms with Crippen LogP contribution in [0.5, 0.6) is 0 Å². The number of carbonyl (C=O) groups excluding carboxylic acids is 1. The number of aromatic nitrogens is 2. The smallest absolute Gasteiger partial charge is 0.223 e. The van der Waals surface area contributed by atoms with Gasteiger partial charge in [0.15, 0.2) is 0 Å². The maximum atomic E-state index is 12.0. The highest BCUT2D eigenvalue weighted by molar-refractivity contribution is 7.18. The van der Waals surface area contributed by atoms with E-state index in [4.69, 9.17) is 10.5 Å². The average Bonchev–Trinajstić information content (AvgIpc) is 3.12. The number of benzene rings is 1. The Hall–Kier alpha value is -1.99. The van der Waals surface area contributed by atoms with Gasteiger partial charge in [-0.25, -0.2) is 0 Å². The van der Waals surface area contributed by atoms with Crippen molar-refractivity contribution in [3.8, 4) is 10.6 Å². The minimum atomic E-state index is 0.230. The quantitative estimate of drug-likeness (QED) is 0.873. The number of nitrogens with zero attached hydrogens (tertiary/aromatic N) is 3. The highest BCUT2D eigenvalue weighted by Gasteiger charge is 2.29. The second-order valence-electron chi connectivity index (χ2n) is 5.75. The highest BCUT2D eigenvalue weighted by Crippen LogP contribution is 2.26. The van der Waals surface area contributed by atoms with Gasteiger partial charge < -0.3 is 15.4 Å². The normalized spacial score (nSPS) is 17.9. The van der Waals surface area contributed by atoms with Gasteiger partial charge in [-0.3, -0.25) is 4.79 Å². The zero-order valence-electron chi connectivity index (χ0n) is 13.1. The molecule has 3 rings (SSSR count). The molecule has 0 radical (unpaired) electrons. The predicted molar refractivity (Wildman–Crippen MR) is 90.0 cm³/mol. The fourth-order valence-electron chi connectivity index (χ4n) is 2.88. The van der Waals surface area contributed by atoms with Gasteiger partial charge in [0.25, 0.3) is 0 Å². The fourth-order valence-corrected chi connectivity index (χ4v) is 3.49. The Labute approximate surface area is 139 Å². The third-order valence-corrected chi connectivity index (χ3v) is 4.83. The molecule has 1 aromatic heterocycles. The minimum Gasteiger partial charge on any atom is -0.383 e. The van der Waals surface area contributed by atoms with Crippen molar-refractivity contribution in [3.63, 3.8) is 0 Å². The lowest BCUT2D eigenvalue weighted by Gasteiger charge is -2.16. The van der Waals surface area contributed by atoms with E-state index >= 15 is 0 Å². The topological polar surface area (TPSA) is 81.3 Å². The molecule has 0 unspecified atom stereocenters. The molecule has 23 heavy (non-hydrogen) atoms. The van der Waals surface area contributed by atoms with E-state index in [9.17, 15) is 4.79 Å². The second-order valence-corrected chi connectivity index (χ2v) is 6.76. The van der Waals surface area contributed by atoms with Crippen LogP contribution in [-0.4, -0.2) is 47.8 Å². The van der Waals surface area contributed by atoms with Crippen molar-refractivity contribution in [1.82, 2.24) is 15.1 Å². The molecule has 0 aliphatic carbocycles. The van der Waals surface area contributed by atoms with E-state index in [1.54, 1.807) is 7.11 Å². The Morgan fingerprint density at radius 1 is 1.35 bits per heavy atom. The fraction of sp³-hybridized carbons (Fsp3) is 0.438. The number of amides is 1. The number of likely N-dealkylation sites (tertiary alicyclic amines) is 1. The number of carbonyl (C=O) groups is 1. The van der Waals surface area contributed by atoms with Gasteiger partial charge in [0.2, 0.25) is 11.0 Å². The number of anilines is 1. The van der Waals surface area contributed by atoms with E-state index in [1.807, 2.05) is 17.0 Å². The summed E-state index contributed by atoms with van der Waals surface area (Å²) < 4.78 is 5.05. The lowest BCUT2D eigenvalue weighted by atomic mass is 9.98. The van der Waals surface area contributed by atoms with Gasteiger partial charge in [0.1, 0.15) is 5.01 Å². The van der Waals surface area contributed by atoms with Crippen LogP contribution >= 0.6 is 11.3 Å². The molecule has 1 atom stereocenters. The van der Waals surface area contributed by atoms with Crippen LogP contribution in [0.1, 0.15) is 12.0 Å². The van der Waals surface area contributed by atoms with E-state index in [0.717, 1.165) is 23.5 Å². The minimum absolute atomic E-state index is 0.230. The third kappa shape index (κ3) is 3.86. The molecule has 0 bridgehead atoms. The van der Waals surface area contributed by atoms with Gasteiger partial charge in [-0.1, -0.05) is 35.6 Å². The first kappa shape index (κ1) is 15.9. The summed E-state index contributed by atoms with van der Waals surface area (Å²) in [6, 6.07) is 8.26. The van der Waals surface area contributed by atoms with Crippen LogP contribution in [0.3, 0.4) is 0 Å². The van der Waals surface area contributed by atoms with Gasteiger partial charge >= 0.3 is 0 Å². The first-order valence-corrected chi connectivity index (χ1v) is 8.42. The van der Waals surface area contributed by atoms with E-state index in [-0.39, 0.29) is 5.91 Å². The van der Waals surface area contributed by atoms with Crippen LogP contribution in [0.4, 0.5) is 5.13 Å². The van der Waals surface area contributed by atoms with Crippen LogP contribution in [0, 0.1) is 5.92 Å². The van der Waals surface area contributed by atoms with E-state index < -0.39 is 0 Å². The van der Waals surface area contributed by atoms with Crippen LogP contribution in [0.15, 0.2) is 24.3 Å². The maximum Gasteiger partial charge on any atom is 0.223 e. The number of methoxy groups -OCH3 is 1. The molecule has 1 aromatic carbocycles. The Balaban J connectivity index is 1.59. The SMILES string of the molecule is COCCN1C[C@@H](Cc2ccc(-c3nnc(N)s3)cc2)CC1=O. The molecule has 1 aliphatic rings. The highest BCUT2D eigenvalue weighted by atomic mass is 32.1. The molecule has 0 saturated carbocycles. The number of ether oxygens (including phenoxy) is 1. The maximum absolute atomic E-state index is 12.0. The molecule has 6 nitrogen and oxygen atoms in total. The van der Waals surface area contributed by atoms with Crippen molar-refractivity contribution in [1.29, 1.82) is 0 Å². The molecule has 2 heterocycles. The monoisotopic (exact) mass is 332 g/mol. The zero-order chi connectivity index (χ0) is 16.2. The van der Waals surface area contributed by atoms with Crippen molar-refractivity contribution >= 4 is 22.4 Å². The van der Waals surface area contributed by atoms with Gasteiger partial charge in [-0.15, -0.1) is 10.2 Å². The summed E-state index contributed by atoms with van der Waals surface area (Å²) in [5.74, 6) is 0.607. The Kier molecular flexibility index (Phi) is 4.88. The van der Waals surface area contributed by atoms with Crippen molar-refractivity contribution in [2.75, 3.05) is 32.5 Å².